The highest BCUT2D eigenvalue weighted by Crippen LogP contribution is 2.39. The number of aromatic hydroxyl groups is 1. The molecule has 0 aliphatic carbocycles. The van der Waals surface area contributed by atoms with Crippen LogP contribution in [0, 0.1) is 0 Å². The van der Waals surface area contributed by atoms with Crippen LogP contribution >= 0.6 is 0 Å². The smallest absolute Gasteiger partial charge is 0.128 e. The van der Waals surface area contributed by atoms with Gasteiger partial charge in [-0.15, -0.1) is 0 Å². The molecule has 0 saturated carbocycles. The SMILES string of the molecule is CCCOc1ccc(-c2[nH]ncc2-c2ccccc2OC)c(O)c1. The standard InChI is InChI=1S/C19H20N2O3/c1-3-10-24-13-8-9-15(17(22)11-13)19-16(12-20-21-19)14-6-4-5-7-18(14)23-2/h4-9,11-12,22H,3,10H2,1-2H3,(H,20,21). The maximum Gasteiger partial charge on any atom is 0.128 e. The van der Waals surface area contributed by atoms with Crippen LogP contribution in [-0.2, 0) is 0 Å². The third-order valence-corrected chi connectivity index (χ3v) is 3.75. The van der Waals surface area contributed by atoms with Crippen LogP contribution in [0.5, 0.6) is 17.2 Å². The van der Waals surface area contributed by atoms with E-state index in [1.54, 1.807) is 19.4 Å². The molecule has 0 aliphatic rings. The largest absolute Gasteiger partial charge is 0.507 e. The number of hydrogen-bond donors (Lipinski definition) is 2. The first kappa shape index (κ1) is 15.9. The number of nitrogens with one attached hydrogen (secondary N) is 1. The van der Waals surface area contributed by atoms with Gasteiger partial charge in [0, 0.05) is 22.8 Å². The molecule has 2 aromatic carbocycles. The zero-order chi connectivity index (χ0) is 16.9. The van der Waals surface area contributed by atoms with Crippen molar-refractivity contribution >= 4 is 0 Å². The van der Waals surface area contributed by atoms with E-state index in [4.69, 9.17) is 9.47 Å². The minimum Gasteiger partial charge on any atom is -0.507 e. The van der Waals surface area contributed by atoms with Crippen LogP contribution in [0.25, 0.3) is 22.4 Å². The molecule has 0 bridgehead atoms. The average Bonchev–Trinajstić information content (AvgIpc) is 3.09. The number of para-hydroxylation sites is 1. The van der Waals surface area contributed by atoms with E-state index in [0.717, 1.165) is 29.0 Å². The van der Waals surface area contributed by atoms with Gasteiger partial charge in [0.2, 0.25) is 0 Å². The highest BCUT2D eigenvalue weighted by molar-refractivity contribution is 5.85. The lowest BCUT2D eigenvalue weighted by Gasteiger charge is -2.11. The van der Waals surface area contributed by atoms with Crippen molar-refractivity contribution in [2.75, 3.05) is 13.7 Å². The van der Waals surface area contributed by atoms with Gasteiger partial charge in [0.15, 0.2) is 0 Å². The second-order valence-corrected chi connectivity index (χ2v) is 5.39. The lowest BCUT2D eigenvalue weighted by atomic mass is 10.0. The third-order valence-electron chi connectivity index (χ3n) is 3.75. The van der Waals surface area contributed by atoms with Crippen LogP contribution in [0.15, 0.2) is 48.7 Å². The summed E-state index contributed by atoms with van der Waals surface area (Å²) in [5.74, 6) is 1.54. The van der Waals surface area contributed by atoms with Gasteiger partial charge in [0.25, 0.3) is 0 Å². The first-order valence-electron chi connectivity index (χ1n) is 7.87. The van der Waals surface area contributed by atoms with Crippen molar-refractivity contribution in [1.82, 2.24) is 10.2 Å². The van der Waals surface area contributed by atoms with E-state index >= 15 is 0 Å². The molecule has 0 unspecified atom stereocenters. The second kappa shape index (κ2) is 7.08. The Labute approximate surface area is 140 Å². The fourth-order valence-electron chi connectivity index (χ4n) is 2.60. The van der Waals surface area contributed by atoms with Crippen LogP contribution in [0.3, 0.4) is 0 Å². The van der Waals surface area contributed by atoms with Gasteiger partial charge in [0.05, 0.1) is 25.6 Å². The first-order valence-corrected chi connectivity index (χ1v) is 7.87. The summed E-state index contributed by atoms with van der Waals surface area (Å²) in [7, 11) is 1.63. The summed E-state index contributed by atoms with van der Waals surface area (Å²) < 4.78 is 11.0. The van der Waals surface area contributed by atoms with E-state index in [1.165, 1.54) is 0 Å². The van der Waals surface area contributed by atoms with Crippen LogP contribution in [0.2, 0.25) is 0 Å². The molecular formula is C19H20N2O3. The Kier molecular flexibility index (Phi) is 4.70. The van der Waals surface area contributed by atoms with E-state index < -0.39 is 0 Å². The summed E-state index contributed by atoms with van der Waals surface area (Å²) in [5, 5.41) is 17.5. The molecule has 2 N–H and O–H groups in total. The molecule has 0 atom stereocenters. The summed E-state index contributed by atoms with van der Waals surface area (Å²) in [5.41, 5.74) is 3.18. The summed E-state index contributed by atoms with van der Waals surface area (Å²) >= 11 is 0. The number of nitrogens with zero attached hydrogens (tertiary/aromatic N) is 1. The molecule has 124 valence electrons. The minimum absolute atomic E-state index is 0.143. The van der Waals surface area contributed by atoms with Crippen molar-refractivity contribution in [2.45, 2.75) is 13.3 Å². The topological polar surface area (TPSA) is 67.4 Å². The minimum atomic E-state index is 0.143. The van der Waals surface area contributed by atoms with Gasteiger partial charge in [-0.25, -0.2) is 0 Å². The third kappa shape index (κ3) is 3.06. The Hall–Kier alpha value is -2.95. The van der Waals surface area contributed by atoms with Gasteiger partial charge in [-0.3, -0.25) is 5.10 Å². The molecule has 3 aromatic rings. The van der Waals surface area contributed by atoms with Gasteiger partial charge < -0.3 is 14.6 Å². The summed E-state index contributed by atoms with van der Waals surface area (Å²) in [6.45, 7) is 2.66. The highest BCUT2D eigenvalue weighted by atomic mass is 16.5. The molecule has 1 heterocycles. The Morgan fingerprint density at radius 2 is 1.92 bits per heavy atom. The molecule has 0 aliphatic heterocycles. The quantitative estimate of drug-likeness (QED) is 0.711. The summed E-state index contributed by atoms with van der Waals surface area (Å²) in [6, 6.07) is 13.0. The van der Waals surface area contributed by atoms with E-state index in [1.807, 2.05) is 43.3 Å². The number of aromatic amines is 1. The number of aromatic nitrogens is 2. The number of hydrogen-bond acceptors (Lipinski definition) is 4. The van der Waals surface area contributed by atoms with Crippen LogP contribution < -0.4 is 9.47 Å². The van der Waals surface area contributed by atoms with Gasteiger partial charge in [0.1, 0.15) is 17.2 Å². The molecule has 5 nitrogen and oxygen atoms in total. The molecule has 3 rings (SSSR count). The maximum absolute atomic E-state index is 10.4. The van der Waals surface area contributed by atoms with Gasteiger partial charge in [-0.1, -0.05) is 25.1 Å². The molecule has 0 spiro atoms. The predicted octanol–water partition coefficient (Wildman–Crippen LogP) is 4.25. The fourth-order valence-corrected chi connectivity index (χ4v) is 2.60. The number of rotatable bonds is 6. The Morgan fingerprint density at radius 1 is 1.08 bits per heavy atom. The fraction of sp³-hybridized carbons (Fsp3) is 0.211. The molecule has 0 amide bonds. The van der Waals surface area contributed by atoms with Crippen LogP contribution in [0.1, 0.15) is 13.3 Å². The highest BCUT2D eigenvalue weighted by Gasteiger charge is 2.16. The number of phenolic OH excluding ortho intramolecular Hbond substituents is 1. The normalized spacial score (nSPS) is 10.6. The van der Waals surface area contributed by atoms with Crippen LogP contribution in [0.4, 0.5) is 0 Å². The van der Waals surface area contributed by atoms with E-state index in [0.29, 0.717) is 17.9 Å². The number of H-pyrrole nitrogens is 1. The average molecular weight is 324 g/mol. The molecule has 24 heavy (non-hydrogen) atoms. The molecule has 5 heteroatoms. The molecule has 0 saturated heterocycles. The molecule has 0 radical (unpaired) electrons. The van der Waals surface area contributed by atoms with E-state index in [2.05, 4.69) is 10.2 Å². The van der Waals surface area contributed by atoms with Crippen molar-refractivity contribution in [1.29, 1.82) is 0 Å². The Morgan fingerprint density at radius 3 is 2.67 bits per heavy atom. The van der Waals surface area contributed by atoms with Crippen molar-refractivity contribution < 1.29 is 14.6 Å². The lowest BCUT2D eigenvalue weighted by Crippen LogP contribution is -1.95. The molecular weight excluding hydrogens is 304 g/mol. The number of methoxy groups -OCH3 is 1. The predicted molar refractivity (Wildman–Crippen MR) is 93.5 cm³/mol. The number of benzene rings is 2. The zero-order valence-corrected chi connectivity index (χ0v) is 13.7. The van der Waals surface area contributed by atoms with Gasteiger partial charge >= 0.3 is 0 Å². The van der Waals surface area contributed by atoms with Crippen molar-refractivity contribution in [3.8, 4) is 39.6 Å². The van der Waals surface area contributed by atoms with Gasteiger partial charge in [-0.05, 0) is 24.6 Å². The number of phenols is 1. The molecule has 0 fully saturated rings. The first-order chi connectivity index (χ1) is 11.7. The summed E-state index contributed by atoms with van der Waals surface area (Å²) in [4.78, 5) is 0. The zero-order valence-electron chi connectivity index (χ0n) is 13.7. The van der Waals surface area contributed by atoms with Crippen molar-refractivity contribution in [3.63, 3.8) is 0 Å². The Balaban J connectivity index is 2.02. The van der Waals surface area contributed by atoms with E-state index in [-0.39, 0.29) is 5.75 Å². The lowest BCUT2D eigenvalue weighted by molar-refractivity contribution is 0.315. The molecule has 1 aromatic heterocycles. The van der Waals surface area contributed by atoms with Crippen LogP contribution in [-0.4, -0.2) is 29.0 Å². The van der Waals surface area contributed by atoms with Gasteiger partial charge in [-0.2, -0.15) is 5.10 Å². The van der Waals surface area contributed by atoms with E-state index in [9.17, 15) is 5.11 Å². The van der Waals surface area contributed by atoms with Crippen molar-refractivity contribution in [3.05, 3.63) is 48.7 Å². The number of ether oxygens (including phenoxy) is 2. The maximum atomic E-state index is 10.4. The second-order valence-electron chi connectivity index (χ2n) is 5.39. The summed E-state index contributed by atoms with van der Waals surface area (Å²) in [6.07, 6.45) is 2.65. The monoisotopic (exact) mass is 324 g/mol. The Bertz CT molecular complexity index is 827. The van der Waals surface area contributed by atoms with Crippen molar-refractivity contribution in [2.24, 2.45) is 0 Å².